The van der Waals surface area contributed by atoms with Gasteiger partial charge in [-0.1, -0.05) is 11.6 Å². The monoisotopic (exact) mass is 92.0 g/mol. The summed E-state index contributed by atoms with van der Waals surface area (Å²) in [5.41, 5.74) is 0. The molecule has 1 N–H and O–H groups in total. The molecule has 0 bridgehead atoms. The molecular weight excluding hydrogens is 87.8 g/mol. The summed E-state index contributed by atoms with van der Waals surface area (Å²) in [6.45, 7) is 0. The van der Waals surface area contributed by atoms with Crippen LogP contribution in [0.1, 0.15) is 0 Å². The molecule has 0 radical (unpaired) electrons. The van der Waals surface area contributed by atoms with Crippen molar-refractivity contribution >= 4 is 34.7 Å². The largest absolute Gasteiger partial charge is 0.381 e. The Balaban J connectivity index is 0. The van der Waals surface area contributed by atoms with Crippen molar-refractivity contribution in [2.24, 2.45) is 0 Å². The molecule has 0 aromatic rings. The van der Waals surface area contributed by atoms with Crippen molar-refractivity contribution in [3.63, 3.8) is 0 Å². The van der Waals surface area contributed by atoms with Crippen molar-refractivity contribution < 1.29 is 5.11 Å². The van der Waals surface area contributed by atoms with Crippen LogP contribution in [-0.2, 0) is 0 Å². The van der Waals surface area contributed by atoms with Gasteiger partial charge in [-0.05, 0) is 0 Å². The highest BCUT2D eigenvalue weighted by molar-refractivity contribution is 6.16. The zero-order valence-corrected chi connectivity index (χ0v) is 2.29. The molecule has 0 heterocycles. The van der Waals surface area contributed by atoms with Crippen LogP contribution in [0.4, 0.5) is 0 Å². The summed E-state index contributed by atoms with van der Waals surface area (Å²) >= 11 is 4.55. The maximum absolute atomic E-state index is 7.33. The lowest BCUT2D eigenvalue weighted by molar-refractivity contribution is 0.370. The molecule has 0 aromatic carbocycles. The van der Waals surface area contributed by atoms with Gasteiger partial charge in [0.05, 0.1) is 0 Å². The van der Waals surface area contributed by atoms with Crippen LogP contribution in [0.15, 0.2) is 0 Å². The molecule has 24 valence electrons. The van der Waals surface area contributed by atoms with E-state index in [0.717, 1.165) is 0 Å². The Morgan fingerprint density at radius 2 is 1.75 bits per heavy atom. The molecule has 0 amide bonds. The van der Waals surface area contributed by atoms with Gasteiger partial charge in [-0.25, -0.2) is 0 Å². The molecular formula is CH5ClMgO. The normalized spacial score (nSPS) is 4.50. The lowest BCUT2D eigenvalue weighted by atomic mass is 11.7. The molecule has 0 unspecified atom stereocenters. The van der Waals surface area contributed by atoms with Crippen molar-refractivity contribution in [1.82, 2.24) is 0 Å². The molecule has 0 aromatic heterocycles. The topological polar surface area (TPSA) is 20.2 Å². The Morgan fingerprint density at radius 1 is 1.75 bits per heavy atom. The van der Waals surface area contributed by atoms with Crippen LogP contribution in [0.3, 0.4) is 0 Å². The van der Waals surface area contributed by atoms with E-state index >= 15 is 0 Å². The summed E-state index contributed by atoms with van der Waals surface area (Å²) in [5, 5.41) is 7.33. The second kappa shape index (κ2) is 8.99. The SMILES string of the molecule is OCCl.[MgH2]. The summed E-state index contributed by atoms with van der Waals surface area (Å²) in [6, 6.07) is -0.278. The summed E-state index contributed by atoms with van der Waals surface area (Å²) in [4.78, 5) is 0. The van der Waals surface area contributed by atoms with Gasteiger partial charge in [0.2, 0.25) is 0 Å². The van der Waals surface area contributed by atoms with Crippen LogP contribution in [0.2, 0.25) is 0 Å². The maximum atomic E-state index is 7.33. The maximum Gasteiger partial charge on any atom is 0.316 e. The minimum atomic E-state index is -0.278. The van der Waals surface area contributed by atoms with E-state index in [1.165, 1.54) is 0 Å². The van der Waals surface area contributed by atoms with Gasteiger partial charge in [-0.2, -0.15) is 0 Å². The molecule has 0 spiro atoms. The van der Waals surface area contributed by atoms with Crippen molar-refractivity contribution in [2.75, 3.05) is 6.07 Å². The molecule has 0 saturated carbocycles. The first kappa shape index (κ1) is 8.89. The molecule has 0 aliphatic rings. The third kappa shape index (κ3) is 11.9. The summed E-state index contributed by atoms with van der Waals surface area (Å²) in [6.07, 6.45) is 0. The first-order valence-electron chi connectivity index (χ1n) is 0.583. The Morgan fingerprint density at radius 3 is 1.75 bits per heavy atom. The van der Waals surface area contributed by atoms with Gasteiger partial charge < -0.3 is 5.11 Å². The van der Waals surface area contributed by atoms with Gasteiger partial charge in [0.1, 0.15) is 6.07 Å². The highest BCUT2D eigenvalue weighted by Gasteiger charge is 1.37. The van der Waals surface area contributed by atoms with E-state index in [1.54, 1.807) is 0 Å². The lowest BCUT2D eigenvalue weighted by Crippen LogP contribution is -1.49. The lowest BCUT2D eigenvalue weighted by Gasteiger charge is -1.49. The van der Waals surface area contributed by atoms with Crippen molar-refractivity contribution in [3.05, 3.63) is 0 Å². The average molecular weight is 92.8 g/mol. The summed E-state index contributed by atoms with van der Waals surface area (Å²) in [5.74, 6) is 0. The van der Waals surface area contributed by atoms with Gasteiger partial charge in [-0.3, -0.25) is 0 Å². The smallest absolute Gasteiger partial charge is 0.316 e. The van der Waals surface area contributed by atoms with E-state index in [1.807, 2.05) is 0 Å². The molecule has 0 rings (SSSR count). The van der Waals surface area contributed by atoms with E-state index in [2.05, 4.69) is 11.6 Å². The van der Waals surface area contributed by atoms with Crippen LogP contribution in [-0.4, -0.2) is 34.2 Å². The molecule has 1 nitrogen and oxygen atoms in total. The molecule has 3 heteroatoms. The predicted molar refractivity (Wildman–Crippen MR) is 21.5 cm³/mol. The standard InChI is InChI=1S/CH3ClO.Mg.2H/c2-1-3;;;/h3H,1H2;;;. The quantitative estimate of drug-likeness (QED) is 0.308. The van der Waals surface area contributed by atoms with E-state index in [9.17, 15) is 0 Å². The first-order valence-corrected chi connectivity index (χ1v) is 1.12. The van der Waals surface area contributed by atoms with Gasteiger partial charge in [0.15, 0.2) is 0 Å². The second-order valence-corrected chi connectivity index (χ2v) is 0.359. The fraction of sp³-hybridized carbons (Fsp3) is 1.00. The first-order chi connectivity index (χ1) is 1.41. The molecule has 4 heavy (non-hydrogen) atoms. The highest BCUT2D eigenvalue weighted by atomic mass is 35.5. The van der Waals surface area contributed by atoms with E-state index in [4.69, 9.17) is 5.11 Å². The Bertz CT molecular complexity index is 8.00. The molecule has 0 aliphatic carbocycles. The number of hydrogen-bond donors (Lipinski definition) is 1. The zero-order chi connectivity index (χ0) is 2.71. The fourth-order valence-electron chi connectivity index (χ4n) is 0. The van der Waals surface area contributed by atoms with E-state index in [0.29, 0.717) is 0 Å². The Labute approximate surface area is 46.1 Å². The van der Waals surface area contributed by atoms with Crippen LogP contribution < -0.4 is 0 Å². The van der Waals surface area contributed by atoms with Gasteiger partial charge in [0, 0.05) is 0 Å². The number of aliphatic hydroxyl groups excluding tert-OH is 1. The van der Waals surface area contributed by atoms with Crippen molar-refractivity contribution in [2.45, 2.75) is 0 Å². The van der Waals surface area contributed by atoms with Crippen molar-refractivity contribution in [3.8, 4) is 0 Å². The van der Waals surface area contributed by atoms with Gasteiger partial charge in [-0.15, -0.1) is 0 Å². The predicted octanol–water partition coefficient (Wildman–Crippen LogP) is -0.741. The van der Waals surface area contributed by atoms with E-state index in [-0.39, 0.29) is 29.1 Å². The fourth-order valence-corrected chi connectivity index (χ4v) is 0. The van der Waals surface area contributed by atoms with Crippen LogP contribution in [0.5, 0.6) is 0 Å². The Kier molecular flexibility index (Phi) is 20.0. The van der Waals surface area contributed by atoms with Crippen molar-refractivity contribution in [1.29, 1.82) is 0 Å². The average Bonchev–Trinajstić information content (AvgIpc) is 0.918. The molecule has 0 fully saturated rings. The van der Waals surface area contributed by atoms with Crippen LogP contribution in [0, 0.1) is 0 Å². The third-order valence-electron chi connectivity index (χ3n) is 0. The molecule has 0 aliphatic heterocycles. The zero-order valence-electron chi connectivity index (χ0n) is 1.53. The molecule has 0 atom stereocenters. The number of rotatable bonds is 0. The number of hydrogen-bond acceptors (Lipinski definition) is 1. The Hall–Kier alpha value is 1.02. The third-order valence-corrected chi connectivity index (χ3v) is 0. The molecule has 0 saturated heterocycles. The number of halogens is 1. The second-order valence-electron chi connectivity index (χ2n) is 0.120. The summed E-state index contributed by atoms with van der Waals surface area (Å²) in [7, 11) is 0. The minimum absolute atomic E-state index is 0. The van der Waals surface area contributed by atoms with Gasteiger partial charge >= 0.3 is 23.1 Å². The van der Waals surface area contributed by atoms with E-state index < -0.39 is 0 Å². The number of aliphatic hydroxyl groups is 1. The highest BCUT2D eigenvalue weighted by Crippen LogP contribution is 1.53. The minimum Gasteiger partial charge on any atom is -0.381 e. The number of alkyl halides is 1. The van der Waals surface area contributed by atoms with Crippen LogP contribution in [0.25, 0.3) is 0 Å². The van der Waals surface area contributed by atoms with Crippen LogP contribution >= 0.6 is 11.6 Å². The summed E-state index contributed by atoms with van der Waals surface area (Å²) < 4.78 is 0. The van der Waals surface area contributed by atoms with Gasteiger partial charge in [0.25, 0.3) is 0 Å².